The highest BCUT2D eigenvalue weighted by molar-refractivity contribution is 5.78. The Morgan fingerprint density at radius 3 is 3.25 bits per heavy atom. The quantitative estimate of drug-likeness (QED) is 0.577. The number of hydrogen-bond donors (Lipinski definition) is 0. The zero-order valence-electron chi connectivity index (χ0n) is 7.75. The largest absolute Gasteiger partial charge is 0.475 e. The molecule has 0 saturated carbocycles. The minimum absolute atomic E-state index is 0.347. The lowest BCUT2D eigenvalue weighted by Crippen LogP contribution is -2.12. The molecule has 0 N–H and O–H groups in total. The molecule has 0 aliphatic carbocycles. The van der Waals surface area contributed by atoms with Gasteiger partial charge in [0.1, 0.15) is 6.10 Å². The third kappa shape index (κ3) is 2.68. The van der Waals surface area contributed by atoms with E-state index in [0.29, 0.717) is 6.10 Å². The number of hydrogen-bond acceptors (Lipinski definition) is 2. The SMILES string of the molecule is C=CCC1=NCC(CCCC)O1. The van der Waals surface area contributed by atoms with Crippen molar-refractivity contribution >= 4 is 5.90 Å². The van der Waals surface area contributed by atoms with E-state index >= 15 is 0 Å². The second kappa shape index (κ2) is 4.96. The second-order valence-corrected chi connectivity index (χ2v) is 3.11. The van der Waals surface area contributed by atoms with Crippen molar-refractivity contribution in [2.24, 2.45) is 4.99 Å². The standard InChI is InChI=1S/C10H17NO/c1-3-5-7-9-8-11-10(12-9)6-4-2/h4,9H,2-3,5-8H2,1H3. The molecule has 0 aromatic carbocycles. The average molecular weight is 167 g/mol. The van der Waals surface area contributed by atoms with Gasteiger partial charge in [0.15, 0.2) is 5.90 Å². The van der Waals surface area contributed by atoms with E-state index in [4.69, 9.17) is 4.74 Å². The molecule has 1 heterocycles. The van der Waals surface area contributed by atoms with Crippen LogP contribution in [0, 0.1) is 0 Å². The van der Waals surface area contributed by atoms with Crippen LogP contribution in [0.4, 0.5) is 0 Å². The van der Waals surface area contributed by atoms with Gasteiger partial charge in [0, 0.05) is 6.42 Å². The van der Waals surface area contributed by atoms with E-state index in [1.165, 1.54) is 12.8 Å². The van der Waals surface area contributed by atoms with Crippen molar-refractivity contribution < 1.29 is 4.74 Å². The highest BCUT2D eigenvalue weighted by Gasteiger charge is 2.17. The Balaban J connectivity index is 2.17. The van der Waals surface area contributed by atoms with Gasteiger partial charge in [-0.1, -0.05) is 19.4 Å². The first kappa shape index (κ1) is 9.30. The Morgan fingerprint density at radius 1 is 1.75 bits per heavy atom. The number of ether oxygens (including phenoxy) is 1. The van der Waals surface area contributed by atoms with Gasteiger partial charge in [-0.2, -0.15) is 0 Å². The molecule has 2 nitrogen and oxygen atoms in total. The first-order valence-electron chi connectivity index (χ1n) is 4.67. The molecule has 68 valence electrons. The molecule has 1 aliphatic rings. The Bertz CT molecular complexity index is 175. The van der Waals surface area contributed by atoms with Gasteiger partial charge in [0.25, 0.3) is 0 Å². The van der Waals surface area contributed by atoms with Crippen molar-refractivity contribution in [1.82, 2.24) is 0 Å². The fourth-order valence-electron chi connectivity index (χ4n) is 1.29. The van der Waals surface area contributed by atoms with Gasteiger partial charge in [0.05, 0.1) is 6.54 Å². The molecule has 0 aromatic heterocycles. The molecule has 12 heavy (non-hydrogen) atoms. The van der Waals surface area contributed by atoms with E-state index in [9.17, 15) is 0 Å². The summed E-state index contributed by atoms with van der Waals surface area (Å²) in [7, 11) is 0. The molecule has 1 atom stereocenters. The molecule has 0 spiro atoms. The maximum atomic E-state index is 5.58. The second-order valence-electron chi connectivity index (χ2n) is 3.11. The Kier molecular flexibility index (Phi) is 3.85. The monoisotopic (exact) mass is 167 g/mol. The molecule has 1 rings (SSSR count). The van der Waals surface area contributed by atoms with E-state index in [1.54, 1.807) is 0 Å². The van der Waals surface area contributed by atoms with Crippen LogP contribution in [0.15, 0.2) is 17.6 Å². The van der Waals surface area contributed by atoms with E-state index in [2.05, 4.69) is 18.5 Å². The topological polar surface area (TPSA) is 21.6 Å². The number of aliphatic imine (C=N–C) groups is 1. The first-order valence-corrected chi connectivity index (χ1v) is 4.67. The molecule has 0 radical (unpaired) electrons. The zero-order valence-corrected chi connectivity index (χ0v) is 7.75. The molecule has 1 aliphatic heterocycles. The molecular formula is C10H17NO. The highest BCUT2D eigenvalue weighted by atomic mass is 16.5. The molecule has 1 unspecified atom stereocenters. The molecule has 0 amide bonds. The van der Waals surface area contributed by atoms with E-state index < -0.39 is 0 Å². The molecule has 0 fully saturated rings. The molecule has 0 bridgehead atoms. The summed E-state index contributed by atoms with van der Waals surface area (Å²) < 4.78 is 5.58. The number of rotatable bonds is 5. The van der Waals surface area contributed by atoms with Crippen molar-refractivity contribution in [1.29, 1.82) is 0 Å². The van der Waals surface area contributed by atoms with Gasteiger partial charge in [-0.25, -0.2) is 0 Å². The van der Waals surface area contributed by atoms with Crippen molar-refractivity contribution in [2.45, 2.75) is 38.7 Å². The minimum atomic E-state index is 0.347. The third-order valence-corrected chi connectivity index (χ3v) is 1.97. The lowest BCUT2D eigenvalue weighted by molar-refractivity contribution is 0.206. The smallest absolute Gasteiger partial charge is 0.187 e. The predicted molar refractivity (Wildman–Crippen MR) is 51.5 cm³/mol. The van der Waals surface area contributed by atoms with Crippen LogP contribution in [0.5, 0.6) is 0 Å². The fourth-order valence-corrected chi connectivity index (χ4v) is 1.29. The highest BCUT2D eigenvalue weighted by Crippen LogP contribution is 2.13. The summed E-state index contributed by atoms with van der Waals surface area (Å²) in [6, 6.07) is 0. The van der Waals surface area contributed by atoms with Crippen LogP contribution in [0.25, 0.3) is 0 Å². The van der Waals surface area contributed by atoms with Crippen molar-refractivity contribution in [3.63, 3.8) is 0 Å². The van der Waals surface area contributed by atoms with E-state index in [0.717, 1.165) is 25.3 Å². The van der Waals surface area contributed by atoms with Crippen LogP contribution in [-0.4, -0.2) is 18.5 Å². The van der Waals surface area contributed by atoms with Crippen molar-refractivity contribution in [3.8, 4) is 0 Å². The fraction of sp³-hybridized carbons (Fsp3) is 0.700. The van der Waals surface area contributed by atoms with Gasteiger partial charge >= 0.3 is 0 Å². The number of nitrogens with zero attached hydrogens (tertiary/aromatic N) is 1. The van der Waals surface area contributed by atoms with Crippen molar-refractivity contribution in [3.05, 3.63) is 12.7 Å². The summed E-state index contributed by atoms with van der Waals surface area (Å²) in [5.74, 6) is 0.867. The van der Waals surface area contributed by atoms with Gasteiger partial charge in [0.2, 0.25) is 0 Å². The van der Waals surface area contributed by atoms with Gasteiger partial charge in [-0.15, -0.1) is 6.58 Å². The van der Waals surface area contributed by atoms with E-state index in [1.807, 2.05) is 6.08 Å². The first-order chi connectivity index (χ1) is 5.86. The summed E-state index contributed by atoms with van der Waals surface area (Å²) in [6.45, 7) is 6.70. The van der Waals surface area contributed by atoms with Crippen LogP contribution >= 0.6 is 0 Å². The van der Waals surface area contributed by atoms with E-state index in [-0.39, 0.29) is 0 Å². The molecule has 0 saturated heterocycles. The van der Waals surface area contributed by atoms with Gasteiger partial charge < -0.3 is 4.74 Å². The van der Waals surface area contributed by atoms with Crippen LogP contribution in [0.2, 0.25) is 0 Å². The lowest BCUT2D eigenvalue weighted by Gasteiger charge is -2.09. The average Bonchev–Trinajstić information content (AvgIpc) is 2.50. The normalized spacial score (nSPS) is 21.8. The molecule has 0 aromatic rings. The van der Waals surface area contributed by atoms with Crippen LogP contribution in [0.3, 0.4) is 0 Å². The summed E-state index contributed by atoms with van der Waals surface area (Å²) in [6.07, 6.45) is 6.57. The van der Waals surface area contributed by atoms with Crippen LogP contribution in [-0.2, 0) is 4.74 Å². The summed E-state index contributed by atoms with van der Waals surface area (Å²) in [5, 5.41) is 0. The zero-order chi connectivity index (χ0) is 8.81. The Labute approximate surface area is 74.3 Å². The van der Waals surface area contributed by atoms with Crippen LogP contribution in [0.1, 0.15) is 32.6 Å². The molecular weight excluding hydrogens is 150 g/mol. The van der Waals surface area contributed by atoms with Crippen LogP contribution < -0.4 is 0 Å². The summed E-state index contributed by atoms with van der Waals surface area (Å²) in [5.41, 5.74) is 0. The molecule has 2 heteroatoms. The maximum absolute atomic E-state index is 5.58. The maximum Gasteiger partial charge on any atom is 0.187 e. The Morgan fingerprint density at radius 2 is 2.58 bits per heavy atom. The summed E-state index contributed by atoms with van der Waals surface area (Å²) >= 11 is 0. The summed E-state index contributed by atoms with van der Waals surface area (Å²) in [4.78, 5) is 4.28. The van der Waals surface area contributed by atoms with Crippen molar-refractivity contribution in [2.75, 3.05) is 6.54 Å². The Hall–Kier alpha value is -0.790. The lowest BCUT2D eigenvalue weighted by atomic mass is 10.2. The third-order valence-electron chi connectivity index (χ3n) is 1.97. The predicted octanol–water partition coefficient (Wildman–Crippen LogP) is 2.55. The van der Waals surface area contributed by atoms with Gasteiger partial charge in [-0.05, 0) is 12.8 Å². The van der Waals surface area contributed by atoms with Gasteiger partial charge in [-0.3, -0.25) is 4.99 Å². The number of unbranched alkanes of at least 4 members (excludes halogenated alkanes) is 1. The minimum Gasteiger partial charge on any atom is -0.475 e.